The molecule has 3 aromatic rings. The van der Waals surface area contributed by atoms with Gasteiger partial charge in [-0.15, -0.1) is 0 Å². The molecule has 1 heterocycles. The predicted molar refractivity (Wildman–Crippen MR) is 121 cm³/mol. The van der Waals surface area contributed by atoms with Crippen LogP contribution in [0.5, 0.6) is 0 Å². The molecule has 0 bridgehead atoms. The number of nitrogens with one attached hydrogen (secondary N) is 1. The van der Waals surface area contributed by atoms with Crippen molar-refractivity contribution in [3.63, 3.8) is 0 Å². The Hall–Kier alpha value is -3.85. The Kier molecular flexibility index (Phi) is 5.62. The summed E-state index contributed by atoms with van der Waals surface area (Å²) in [5.74, 6) is -0.140. The first-order chi connectivity index (χ1) is 14.8. The molecule has 30 heavy (non-hydrogen) atoms. The van der Waals surface area contributed by atoms with Gasteiger partial charge in [-0.25, -0.2) is 0 Å². The molecule has 1 aliphatic heterocycles. The number of benzene rings is 3. The van der Waals surface area contributed by atoms with E-state index in [2.05, 4.69) is 46.6 Å². The molecule has 0 atom stereocenters. The van der Waals surface area contributed by atoms with Crippen LogP contribution in [0.15, 0.2) is 127 Å². The highest BCUT2D eigenvalue weighted by molar-refractivity contribution is 5.93. The van der Waals surface area contributed by atoms with E-state index >= 15 is 0 Å². The first-order valence-electron chi connectivity index (χ1n) is 10.0. The number of hydrogen-bond acceptors (Lipinski definition) is 2. The molecule has 4 rings (SSSR count). The van der Waals surface area contributed by atoms with Crippen molar-refractivity contribution in [2.45, 2.75) is 5.54 Å². The summed E-state index contributed by atoms with van der Waals surface area (Å²) in [7, 11) is 1.66. The second kappa shape index (κ2) is 8.66. The van der Waals surface area contributed by atoms with E-state index in [1.54, 1.807) is 7.05 Å². The molecule has 0 saturated heterocycles. The summed E-state index contributed by atoms with van der Waals surface area (Å²) in [6.45, 7) is 0. The summed E-state index contributed by atoms with van der Waals surface area (Å²) < 4.78 is 0. The SMILES string of the molecule is CNC(=O)C1=CC=CC=CN1C(c1ccccc1)(c1ccccc1)c1ccccc1. The minimum Gasteiger partial charge on any atom is -0.354 e. The molecule has 0 aliphatic carbocycles. The Labute approximate surface area is 177 Å². The molecule has 3 nitrogen and oxygen atoms in total. The molecule has 1 amide bonds. The molecule has 0 fully saturated rings. The van der Waals surface area contributed by atoms with E-state index < -0.39 is 5.54 Å². The average molecular weight is 393 g/mol. The average Bonchev–Trinajstić information content (AvgIpc) is 3.08. The fraction of sp³-hybridized carbons (Fsp3) is 0.0741. The van der Waals surface area contributed by atoms with Crippen molar-refractivity contribution in [3.8, 4) is 0 Å². The van der Waals surface area contributed by atoms with Crippen LogP contribution in [0.4, 0.5) is 0 Å². The van der Waals surface area contributed by atoms with E-state index in [4.69, 9.17) is 0 Å². The third-order valence-corrected chi connectivity index (χ3v) is 5.37. The lowest BCUT2D eigenvalue weighted by atomic mass is 9.75. The maximum atomic E-state index is 13.0. The minimum absolute atomic E-state index is 0.140. The van der Waals surface area contributed by atoms with Gasteiger partial charge in [-0.05, 0) is 28.8 Å². The van der Waals surface area contributed by atoms with E-state index in [1.165, 1.54) is 0 Å². The van der Waals surface area contributed by atoms with Crippen LogP contribution in [0.1, 0.15) is 16.7 Å². The van der Waals surface area contributed by atoms with Crippen LogP contribution in [0.25, 0.3) is 0 Å². The molecular formula is C27H24N2O. The topological polar surface area (TPSA) is 32.3 Å². The monoisotopic (exact) mass is 392 g/mol. The van der Waals surface area contributed by atoms with Gasteiger partial charge >= 0.3 is 0 Å². The lowest BCUT2D eigenvalue weighted by molar-refractivity contribution is -0.118. The smallest absolute Gasteiger partial charge is 0.267 e. The third-order valence-electron chi connectivity index (χ3n) is 5.37. The van der Waals surface area contributed by atoms with Crippen LogP contribution >= 0.6 is 0 Å². The first-order valence-corrected chi connectivity index (χ1v) is 10.0. The number of hydrogen-bond donors (Lipinski definition) is 1. The maximum absolute atomic E-state index is 13.0. The lowest BCUT2D eigenvalue weighted by Crippen LogP contribution is -2.47. The molecule has 0 unspecified atom stereocenters. The maximum Gasteiger partial charge on any atom is 0.267 e. The van der Waals surface area contributed by atoms with E-state index in [0.29, 0.717) is 5.70 Å². The Bertz CT molecular complexity index is 987. The molecule has 0 spiro atoms. The minimum atomic E-state index is -0.732. The molecule has 0 aromatic heterocycles. The summed E-state index contributed by atoms with van der Waals surface area (Å²) in [4.78, 5) is 15.1. The van der Waals surface area contributed by atoms with Crippen LogP contribution in [-0.2, 0) is 10.3 Å². The largest absolute Gasteiger partial charge is 0.354 e. The van der Waals surface area contributed by atoms with E-state index in [1.807, 2.05) is 85.1 Å². The van der Waals surface area contributed by atoms with Gasteiger partial charge in [0.05, 0.1) is 0 Å². The van der Waals surface area contributed by atoms with Crippen molar-refractivity contribution in [2.75, 3.05) is 7.05 Å². The highest BCUT2D eigenvalue weighted by atomic mass is 16.2. The van der Waals surface area contributed by atoms with Gasteiger partial charge in [-0.1, -0.05) is 103 Å². The molecule has 1 N–H and O–H groups in total. The number of likely N-dealkylation sites (N-methyl/N-ethyl adjacent to an activating group) is 1. The van der Waals surface area contributed by atoms with Crippen LogP contribution < -0.4 is 5.32 Å². The highest BCUT2D eigenvalue weighted by Gasteiger charge is 2.43. The van der Waals surface area contributed by atoms with Crippen LogP contribution in [0.3, 0.4) is 0 Å². The van der Waals surface area contributed by atoms with Crippen molar-refractivity contribution < 1.29 is 4.79 Å². The van der Waals surface area contributed by atoms with Crippen LogP contribution in [0, 0.1) is 0 Å². The first kappa shape index (κ1) is 19.5. The van der Waals surface area contributed by atoms with Crippen LogP contribution in [0.2, 0.25) is 0 Å². The summed E-state index contributed by atoms with van der Waals surface area (Å²) in [5, 5.41) is 2.80. The van der Waals surface area contributed by atoms with Crippen LogP contribution in [-0.4, -0.2) is 17.9 Å². The summed E-state index contributed by atoms with van der Waals surface area (Å²) in [5.41, 5.74) is 3.06. The number of rotatable bonds is 5. The van der Waals surface area contributed by atoms with Crippen molar-refractivity contribution >= 4 is 5.91 Å². The number of nitrogens with zero attached hydrogens (tertiary/aromatic N) is 1. The molecule has 0 radical (unpaired) electrons. The summed E-state index contributed by atoms with van der Waals surface area (Å²) in [6.07, 6.45) is 9.65. The van der Waals surface area contributed by atoms with Gasteiger partial charge in [0.25, 0.3) is 5.91 Å². The van der Waals surface area contributed by atoms with Gasteiger partial charge in [0, 0.05) is 13.2 Å². The Balaban J connectivity index is 2.11. The van der Waals surface area contributed by atoms with Crippen molar-refractivity contribution in [1.82, 2.24) is 10.2 Å². The number of carbonyl (C=O) groups is 1. The third kappa shape index (κ3) is 3.35. The highest BCUT2D eigenvalue weighted by Crippen LogP contribution is 2.44. The zero-order valence-corrected chi connectivity index (χ0v) is 16.9. The molecule has 3 aromatic carbocycles. The Morgan fingerprint density at radius 2 is 1.17 bits per heavy atom. The van der Waals surface area contributed by atoms with Gasteiger partial charge in [0.2, 0.25) is 0 Å². The molecule has 3 heteroatoms. The second-order valence-electron chi connectivity index (χ2n) is 7.04. The van der Waals surface area contributed by atoms with Gasteiger partial charge in [0.15, 0.2) is 0 Å². The fourth-order valence-corrected chi connectivity index (χ4v) is 4.07. The second-order valence-corrected chi connectivity index (χ2v) is 7.04. The van der Waals surface area contributed by atoms with E-state index in [0.717, 1.165) is 16.7 Å². The predicted octanol–water partition coefficient (Wildman–Crippen LogP) is 4.99. The number of allylic oxidation sites excluding steroid dienone is 4. The van der Waals surface area contributed by atoms with Crippen molar-refractivity contribution in [2.24, 2.45) is 0 Å². The van der Waals surface area contributed by atoms with Gasteiger partial charge < -0.3 is 10.2 Å². The summed E-state index contributed by atoms with van der Waals surface area (Å²) in [6, 6.07) is 31.0. The number of amides is 1. The van der Waals surface area contributed by atoms with Crippen molar-refractivity contribution in [3.05, 3.63) is 144 Å². The van der Waals surface area contributed by atoms with Gasteiger partial charge in [-0.3, -0.25) is 4.79 Å². The standard InChI is InChI=1S/C27H24N2O/c1-28-26(30)25-20-12-5-13-21-29(25)27(22-14-6-2-7-15-22,23-16-8-3-9-17-23)24-18-10-4-11-19-24/h2-21H,1H3,(H,28,30). The van der Waals surface area contributed by atoms with Crippen molar-refractivity contribution in [1.29, 1.82) is 0 Å². The zero-order valence-electron chi connectivity index (χ0n) is 16.9. The Morgan fingerprint density at radius 1 is 0.700 bits per heavy atom. The zero-order chi connectivity index (χ0) is 20.8. The molecule has 1 aliphatic rings. The molecule has 148 valence electrons. The molecular weight excluding hydrogens is 368 g/mol. The Morgan fingerprint density at radius 3 is 1.60 bits per heavy atom. The van der Waals surface area contributed by atoms with E-state index in [9.17, 15) is 4.79 Å². The molecule has 0 saturated carbocycles. The normalized spacial score (nSPS) is 13.5. The fourth-order valence-electron chi connectivity index (χ4n) is 4.07. The lowest BCUT2D eigenvalue weighted by Gasteiger charge is -2.45. The quantitative estimate of drug-likeness (QED) is 0.620. The van der Waals surface area contributed by atoms with E-state index in [-0.39, 0.29) is 5.91 Å². The number of carbonyl (C=O) groups excluding carboxylic acids is 1. The van der Waals surface area contributed by atoms with Gasteiger partial charge in [0.1, 0.15) is 11.2 Å². The van der Waals surface area contributed by atoms with Gasteiger partial charge in [-0.2, -0.15) is 0 Å². The summed E-state index contributed by atoms with van der Waals surface area (Å²) >= 11 is 0.